The van der Waals surface area contributed by atoms with Gasteiger partial charge in [0.1, 0.15) is 5.75 Å². The van der Waals surface area contributed by atoms with E-state index in [4.69, 9.17) is 16.3 Å². The summed E-state index contributed by atoms with van der Waals surface area (Å²) in [5, 5.41) is 0.761. The zero-order chi connectivity index (χ0) is 14.0. The van der Waals surface area contributed by atoms with E-state index in [2.05, 4.69) is 48.0 Å². The molecule has 2 aromatic carbocycles. The zero-order valence-corrected chi connectivity index (χ0v) is 13.5. The Morgan fingerprint density at radius 1 is 1.05 bits per heavy atom. The molecule has 19 heavy (non-hydrogen) atoms. The lowest BCUT2D eigenvalue weighted by Crippen LogP contribution is -1.99. The van der Waals surface area contributed by atoms with E-state index in [1.807, 2.05) is 18.2 Å². The number of halogens is 2. The molecule has 2 aromatic rings. The second-order valence-electron chi connectivity index (χ2n) is 4.61. The van der Waals surface area contributed by atoms with Gasteiger partial charge in [-0.2, -0.15) is 0 Å². The predicted molar refractivity (Wildman–Crippen MR) is 84.7 cm³/mol. The van der Waals surface area contributed by atoms with Gasteiger partial charge in [-0.15, -0.1) is 0 Å². The Kier molecular flexibility index (Phi) is 4.54. The van der Waals surface area contributed by atoms with Crippen molar-refractivity contribution in [1.29, 1.82) is 0 Å². The van der Waals surface area contributed by atoms with Crippen molar-refractivity contribution in [1.82, 2.24) is 0 Å². The van der Waals surface area contributed by atoms with Crippen LogP contribution in [0.25, 0.3) is 0 Å². The molecule has 100 valence electrons. The molecule has 0 fully saturated rings. The smallest absolute Gasteiger partial charge is 0.123 e. The lowest BCUT2D eigenvalue weighted by Gasteiger charge is -2.17. The highest BCUT2D eigenvalue weighted by atomic mass is 79.9. The molecule has 0 amide bonds. The van der Waals surface area contributed by atoms with Crippen LogP contribution in [0, 0.1) is 13.8 Å². The highest BCUT2D eigenvalue weighted by Crippen LogP contribution is 2.38. The fourth-order valence-electron chi connectivity index (χ4n) is 2.14. The van der Waals surface area contributed by atoms with Gasteiger partial charge in [0.25, 0.3) is 0 Å². The summed E-state index contributed by atoms with van der Waals surface area (Å²) in [6.07, 6.45) is 0. The molecule has 2 rings (SSSR count). The van der Waals surface area contributed by atoms with E-state index in [0.717, 1.165) is 21.9 Å². The molecule has 0 spiro atoms. The molecule has 0 radical (unpaired) electrons. The number of hydrogen-bond donors (Lipinski definition) is 0. The first-order valence-corrected chi connectivity index (χ1v) is 7.37. The van der Waals surface area contributed by atoms with Gasteiger partial charge in [0.15, 0.2) is 0 Å². The van der Waals surface area contributed by atoms with Gasteiger partial charge in [0, 0.05) is 10.6 Å². The summed E-state index contributed by atoms with van der Waals surface area (Å²) < 4.78 is 5.45. The summed E-state index contributed by atoms with van der Waals surface area (Å²) in [6, 6.07) is 12.2. The van der Waals surface area contributed by atoms with Gasteiger partial charge in [-0.25, -0.2) is 0 Å². The molecule has 0 aromatic heterocycles. The van der Waals surface area contributed by atoms with E-state index in [-0.39, 0.29) is 4.83 Å². The van der Waals surface area contributed by atoms with Crippen LogP contribution in [0.4, 0.5) is 0 Å². The number of methoxy groups -OCH3 is 1. The van der Waals surface area contributed by atoms with E-state index in [9.17, 15) is 0 Å². The van der Waals surface area contributed by atoms with E-state index in [1.54, 1.807) is 7.11 Å². The molecular formula is C16H16BrClO. The van der Waals surface area contributed by atoms with Crippen molar-refractivity contribution in [3.05, 3.63) is 63.7 Å². The second kappa shape index (κ2) is 5.98. The Balaban J connectivity index is 2.49. The summed E-state index contributed by atoms with van der Waals surface area (Å²) in [5.74, 6) is 0.891. The third-order valence-electron chi connectivity index (χ3n) is 3.16. The minimum absolute atomic E-state index is 0.0969. The van der Waals surface area contributed by atoms with Crippen molar-refractivity contribution < 1.29 is 4.74 Å². The first-order valence-electron chi connectivity index (χ1n) is 6.07. The lowest BCUT2D eigenvalue weighted by atomic mass is 9.98. The summed E-state index contributed by atoms with van der Waals surface area (Å²) in [4.78, 5) is 0.0969. The minimum Gasteiger partial charge on any atom is -0.496 e. The van der Waals surface area contributed by atoms with Gasteiger partial charge in [-0.1, -0.05) is 51.3 Å². The van der Waals surface area contributed by atoms with Gasteiger partial charge in [0.2, 0.25) is 0 Å². The van der Waals surface area contributed by atoms with E-state index >= 15 is 0 Å². The van der Waals surface area contributed by atoms with Crippen LogP contribution in [0.3, 0.4) is 0 Å². The number of ether oxygens (including phenoxy) is 1. The number of alkyl halides is 1. The third-order valence-corrected chi connectivity index (χ3v) is 4.38. The lowest BCUT2D eigenvalue weighted by molar-refractivity contribution is 0.410. The third kappa shape index (κ3) is 3.13. The molecule has 0 saturated heterocycles. The molecule has 0 aliphatic rings. The highest BCUT2D eigenvalue weighted by molar-refractivity contribution is 9.09. The maximum Gasteiger partial charge on any atom is 0.123 e. The van der Waals surface area contributed by atoms with Crippen LogP contribution in [0.5, 0.6) is 5.75 Å². The molecule has 0 aliphatic carbocycles. The minimum atomic E-state index is 0.0969. The van der Waals surface area contributed by atoms with Gasteiger partial charge >= 0.3 is 0 Å². The van der Waals surface area contributed by atoms with E-state index < -0.39 is 0 Å². The maximum absolute atomic E-state index is 6.01. The highest BCUT2D eigenvalue weighted by Gasteiger charge is 2.17. The number of aryl methyl sites for hydroxylation is 2. The molecule has 0 heterocycles. The number of rotatable bonds is 3. The number of hydrogen-bond acceptors (Lipinski definition) is 1. The molecule has 0 N–H and O–H groups in total. The first-order chi connectivity index (χ1) is 9.02. The van der Waals surface area contributed by atoms with Crippen molar-refractivity contribution in [2.45, 2.75) is 18.7 Å². The molecule has 1 atom stereocenters. The zero-order valence-electron chi connectivity index (χ0n) is 11.2. The Bertz CT molecular complexity index is 595. The standard InChI is InChI=1S/C16H16BrClO/c1-10-4-7-15(19-3)14(8-10)16(17)13-6-5-12(18)9-11(13)2/h4-9,16H,1-3H3. The van der Waals surface area contributed by atoms with E-state index in [1.165, 1.54) is 11.1 Å². The molecule has 0 bridgehead atoms. The van der Waals surface area contributed by atoms with Gasteiger partial charge in [0.05, 0.1) is 11.9 Å². The molecule has 1 unspecified atom stereocenters. The van der Waals surface area contributed by atoms with Gasteiger partial charge in [-0.05, 0) is 43.2 Å². The van der Waals surface area contributed by atoms with Crippen LogP contribution in [-0.2, 0) is 0 Å². The van der Waals surface area contributed by atoms with Crippen LogP contribution < -0.4 is 4.74 Å². The van der Waals surface area contributed by atoms with Crippen molar-refractivity contribution in [2.75, 3.05) is 7.11 Å². The Morgan fingerprint density at radius 3 is 2.42 bits per heavy atom. The quantitative estimate of drug-likeness (QED) is 0.676. The average molecular weight is 340 g/mol. The summed E-state index contributed by atoms with van der Waals surface area (Å²) >= 11 is 9.78. The van der Waals surface area contributed by atoms with Crippen LogP contribution in [0.15, 0.2) is 36.4 Å². The van der Waals surface area contributed by atoms with Crippen LogP contribution >= 0.6 is 27.5 Å². The Labute approximate surface area is 127 Å². The fraction of sp³-hybridized carbons (Fsp3) is 0.250. The normalized spacial score (nSPS) is 12.3. The van der Waals surface area contributed by atoms with Gasteiger partial charge in [-0.3, -0.25) is 0 Å². The largest absolute Gasteiger partial charge is 0.496 e. The molecular weight excluding hydrogens is 324 g/mol. The number of benzene rings is 2. The second-order valence-corrected chi connectivity index (χ2v) is 5.96. The van der Waals surface area contributed by atoms with Gasteiger partial charge < -0.3 is 4.74 Å². The average Bonchev–Trinajstić information content (AvgIpc) is 2.38. The molecule has 0 aliphatic heterocycles. The maximum atomic E-state index is 6.01. The SMILES string of the molecule is COc1ccc(C)cc1C(Br)c1ccc(Cl)cc1C. The van der Waals surface area contributed by atoms with Crippen molar-refractivity contribution in [2.24, 2.45) is 0 Å². The molecule has 1 nitrogen and oxygen atoms in total. The monoisotopic (exact) mass is 338 g/mol. The topological polar surface area (TPSA) is 9.23 Å². The molecule has 0 saturated carbocycles. The van der Waals surface area contributed by atoms with Crippen molar-refractivity contribution in [3.63, 3.8) is 0 Å². The first kappa shape index (κ1) is 14.4. The van der Waals surface area contributed by atoms with Crippen LogP contribution in [0.2, 0.25) is 5.02 Å². The van der Waals surface area contributed by atoms with Crippen LogP contribution in [-0.4, -0.2) is 7.11 Å². The van der Waals surface area contributed by atoms with E-state index in [0.29, 0.717) is 0 Å². The van der Waals surface area contributed by atoms with Crippen molar-refractivity contribution >= 4 is 27.5 Å². The van der Waals surface area contributed by atoms with Crippen LogP contribution in [0.1, 0.15) is 27.1 Å². The summed E-state index contributed by atoms with van der Waals surface area (Å²) in [7, 11) is 1.70. The predicted octanol–water partition coefficient (Wildman–Crippen LogP) is 5.45. The Morgan fingerprint density at radius 2 is 1.79 bits per heavy atom. The summed E-state index contributed by atoms with van der Waals surface area (Å²) in [5.41, 5.74) is 4.71. The summed E-state index contributed by atoms with van der Waals surface area (Å²) in [6.45, 7) is 4.15. The fourth-order valence-corrected chi connectivity index (χ4v) is 3.24. The Hall–Kier alpha value is -0.990. The molecule has 3 heteroatoms. The van der Waals surface area contributed by atoms with Crippen molar-refractivity contribution in [3.8, 4) is 5.75 Å².